The molecule has 5 nitrogen and oxygen atoms in total. The smallest absolute Gasteiger partial charge is 0.223 e. The van der Waals surface area contributed by atoms with Gasteiger partial charge in [-0.3, -0.25) is 9.59 Å². The molecule has 0 saturated carbocycles. The summed E-state index contributed by atoms with van der Waals surface area (Å²) in [7, 11) is 0. The number of ketones is 1. The molecule has 0 radical (unpaired) electrons. The fourth-order valence-corrected chi connectivity index (χ4v) is 4.22. The Hall–Kier alpha value is -2.82. The molecule has 0 spiro atoms. The van der Waals surface area contributed by atoms with Crippen LogP contribution < -0.4 is 9.47 Å². The summed E-state index contributed by atoms with van der Waals surface area (Å²) in [6, 6.07) is 11.8. The molecule has 0 N–H and O–H groups in total. The van der Waals surface area contributed by atoms with Crippen molar-refractivity contribution in [3.8, 4) is 11.5 Å². The monoisotopic (exact) mass is 407 g/mol. The van der Waals surface area contributed by atoms with Gasteiger partial charge in [0.05, 0.1) is 19.3 Å². The van der Waals surface area contributed by atoms with Crippen LogP contribution in [0.15, 0.2) is 36.4 Å². The highest BCUT2D eigenvalue weighted by Crippen LogP contribution is 2.38. The predicted molar refractivity (Wildman–Crippen MR) is 115 cm³/mol. The summed E-state index contributed by atoms with van der Waals surface area (Å²) < 4.78 is 11.5. The molecule has 0 aliphatic carbocycles. The van der Waals surface area contributed by atoms with Crippen molar-refractivity contribution in [2.45, 2.75) is 52.0 Å². The number of nitrogens with zero attached hydrogens (tertiary/aromatic N) is 1. The van der Waals surface area contributed by atoms with Gasteiger partial charge in [0.2, 0.25) is 5.91 Å². The molecule has 2 aliphatic rings. The summed E-state index contributed by atoms with van der Waals surface area (Å²) in [5.41, 5.74) is 4.02. The van der Waals surface area contributed by atoms with E-state index < -0.39 is 0 Å². The van der Waals surface area contributed by atoms with Crippen molar-refractivity contribution in [3.05, 3.63) is 58.7 Å². The Morgan fingerprint density at radius 3 is 2.53 bits per heavy atom. The zero-order valence-corrected chi connectivity index (χ0v) is 17.8. The number of benzene rings is 2. The van der Waals surface area contributed by atoms with E-state index in [0.29, 0.717) is 18.8 Å². The Morgan fingerprint density at radius 1 is 0.933 bits per heavy atom. The minimum Gasteiger partial charge on any atom is -0.490 e. The average molecular weight is 408 g/mol. The zero-order valence-electron chi connectivity index (χ0n) is 17.8. The number of ether oxygens (including phenoxy) is 2. The van der Waals surface area contributed by atoms with E-state index in [9.17, 15) is 9.59 Å². The van der Waals surface area contributed by atoms with Crippen LogP contribution in [0.4, 0.5) is 0 Å². The van der Waals surface area contributed by atoms with E-state index in [4.69, 9.17) is 9.47 Å². The van der Waals surface area contributed by atoms with Crippen molar-refractivity contribution < 1.29 is 19.1 Å². The molecule has 2 aromatic carbocycles. The molecule has 1 fully saturated rings. The fourth-order valence-electron chi connectivity index (χ4n) is 4.22. The maximum absolute atomic E-state index is 12.9. The van der Waals surface area contributed by atoms with Crippen LogP contribution >= 0.6 is 0 Å². The van der Waals surface area contributed by atoms with Crippen LogP contribution in [0, 0.1) is 13.8 Å². The molecular formula is C25H29NO4. The molecule has 4 rings (SSSR count). The lowest BCUT2D eigenvalue weighted by Crippen LogP contribution is -2.30. The lowest BCUT2D eigenvalue weighted by molar-refractivity contribution is -0.132. The number of rotatable bonds is 5. The normalized spacial score (nSPS) is 18.2. The summed E-state index contributed by atoms with van der Waals surface area (Å²) >= 11 is 0. The second kappa shape index (κ2) is 8.90. The van der Waals surface area contributed by atoms with Crippen LogP contribution in [0.1, 0.15) is 65.2 Å². The van der Waals surface area contributed by atoms with Gasteiger partial charge in [-0.15, -0.1) is 0 Å². The standard InChI is InChI=1S/C25H29NO4/c1-17-6-7-20(15-18(17)2)22(27)9-11-25(28)26-12-3-5-21(26)19-8-10-23-24(16-19)30-14-4-13-29-23/h6-8,10,15-16,21H,3-5,9,11-14H2,1-2H3/t21-/m1/s1. The number of fused-ring (bicyclic) bond motifs is 1. The van der Waals surface area contributed by atoms with Gasteiger partial charge in [-0.05, 0) is 61.6 Å². The van der Waals surface area contributed by atoms with Gasteiger partial charge in [0, 0.05) is 31.4 Å². The van der Waals surface area contributed by atoms with E-state index in [0.717, 1.165) is 54.0 Å². The molecule has 1 amide bonds. The van der Waals surface area contributed by atoms with Crippen LogP contribution in [0.2, 0.25) is 0 Å². The SMILES string of the molecule is Cc1ccc(C(=O)CCC(=O)N2CCC[C@@H]2c2ccc3c(c2)OCCCO3)cc1C. The average Bonchev–Trinajstić information content (AvgIpc) is 3.12. The summed E-state index contributed by atoms with van der Waals surface area (Å²) in [6.45, 7) is 6.07. The number of carbonyl (C=O) groups is 2. The van der Waals surface area contributed by atoms with E-state index in [1.165, 1.54) is 0 Å². The summed E-state index contributed by atoms with van der Waals surface area (Å²) in [5, 5.41) is 0. The lowest BCUT2D eigenvalue weighted by atomic mass is 10.0. The molecule has 0 unspecified atom stereocenters. The Morgan fingerprint density at radius 2 is 1.73 bits per heavy atom. The minimum absolute atomic E-state index is 0.0257. The van der Waals surface area contributed by atoms with Crippen molar-refractivity contribution in [3.63, 3.8) is 0 Å². The molecule has 2 heterocycles. The first-order chi connectivity index (χ1) is 14.5. The van der Waals surface area contributed by atoms with Crippen molar-refractivity contribution in [1.82, 2.24) is 4.90 Å². The Balaban J connectivity index is 1.42. The first-order valence-corrected chi connectivity index (χ1v) is 10.8. The van der Waals surface area contributed by atoms with Gasteiger partial charge in [-0.2, -0.15) is 0 Å². The number of hydrogen-bond donors (Lipinski definition) is 0. The van der Waals surface area contributed by atoms with Crippen molar-refractivity contribution in [2.24, 2.45) is 0 Å². The summed E-state index contributed by atoms with van der Waals surface area (Å²) in [6.07, 6.45) is 3.25. The Kier molecular flexibility index (Phi) is 6.07. The molecule has 30 heavy (non-hydrogen) atoms. The highest BCUT2D eigenvalue weighted by molar-refractivity contribution is 5.98. The molecule has 2 aromatic rings. The number of likely N-dealkylation sites (tertiary alicyclic amines) is 1. The van der Waals surface area contributed by atoms with Gasteiger partial charge >= 0.3 is 0 Å². The zero-order chi connectivity index (χ0) is 21.1. The summed E-state index contributed by atoms with van der Waals surface area (Å²) in [4.78, 5) is 27.4. The number of amides is 1. The molecule has 158 valence electrons. The first-order valence-electron chi connectivity index (χ1n) is 10.8. The van der Waals surface area contributed by atoms with Crippen LogP contribution in [0.3, 0.4) is 0 Å². The maximum Gasteiger partial charge on any atom is 0.223 e. The largest absolute Gasteiger partial charge is 0.490 e. The topological polar surface area (TPSA) is 55.8 Å². The van der Waals surface area contributed by atoms with E-state index >= 15 is 0 Å². The van der Waals surface area contributed by atoms with Gasteiger partial charge in [0.1, 0.15) is 0 Å². The molecule has 1 atom stereocenters. The number of aryl methyl sites for hydroxylation is 2. The molecule has 2 aliphatic heterocycles. The van der Waals surface area contributed by atoms with E-state index in [2.05, 4.69) is 0 Å². The Labute approximate surface area is 178 Å². The third kappa shape index (κ3) is 4.35. The van der Waals surface area contributed by atoms with Crippen LogP contribution in [0.25, 0.3) is 0 Å². The molecular weight excluding hydrogens is 378 g/mol. The molecule has 1 saturated heterocycles. The van der Waals surface area contributed by atoms with Crippen LogP contribution in [0.5, 0.6) is 11.5 Å². The van der Waals surface area contributed by atoms with E-state index in [1.807, 2.05) is 55.1 Å². The minimum atomic E-state index is 0.0257. The third-order valence-electron chi connectivity index (χ3n) is 6.12. The van der Waals surface area contributed by atoms with Gasteiger partial charge in [0.25, 0.3) is 0 Å². The highest BCUT2D eigenvalue weighted by Gasteiger charge is 2.30. The van der Waals surface area contributed by atoms with Crippen LogP contribution in [-0.2, 0) is 4.79 Å². The third-order valence-corrected chi connectivity index (χ3v) is 6.12. The molecule has 0 aromatic heterocycles. The van der Waals surface area contributed by atoms with Gasteiger partial charge in [0.15, 0.2) is 17.3 Å². The van der Waals surface area contributed by atoms with Crippen molar-refractivity contribution in [1.29, 1.82) is 0 Å². The quantitative estimate of drug-likeness (QED) is 0.669. The molecule has 0 bridgehead atoms. The first kappa shape index (κ1) is 20.5. The van der Waals surface area contributed by atoms with Crippen molar-refractivity contribution >= 4 is 11.7 Å². The highest BCUT2D eigenvalue weighted by atomic mass is 16.5. The number of carbonyl (C=O) groups excluding carboxylic acids is 2. The van der Waals surface area contributed by atoms with Gasteiger partial charge in [-0.1, -0.05) is 18.2 Å². The number of hydrogen-bond acceptors (Lipinski definition) is 4. The van der Waals surface area contributed by atoms with Gasteiger partial charge < -0.3 is 14.4 Å². The van der Waals surface area contributed by atoms with E-state index in [-0.39, 0.29) is 30.6 Å². The van der Waals surface area contributed by atoms with Gasteiger partial charge in [-0.25, -0.2) is 0 Å². The summed E-state index contributed by atoms with van der Waals surface area (Å²) in [5.74, 6) is 1.60. The number of Topliss-reactive ketones (excluding diaryl/α,β-unsaturated/α-hetero) is 1. The predicted octanol–water partition coefficient (Wildman–Crippen LogP) is 4.79. The van der Waals surface area contributed by atoms with Crippen LogP contribution in [-0.4, -0.2) is 36.3 Å². The second-order valence-corrected chi connectivity index (χ2v) is 8.22. The fraction of sp³-hybridized carbons (Fsp3) is 0.440. The lowest BCUT2D eigenvalue weighted by Gasteiger charge is -2.25. The second-order valence-electron chi connectivity index (χ2n) is 8.22. The maximum atomic E-state index is 12.9. The Bertz CT molecular complexity index is 952. The molecule has 5 heteroatoms. The van der Waals surface area contributed by atoms with E-state index in [1.54, 1.807) is 0 Å². The van der Waals surface area contributed by atoms with Crippen molar-refractivity contribution in [2.75, 3.05) is 19.8 Å².